The lowest BCUT2D eigenvalue weighted by Crippen LogP contribution is -1.94. The minimum Gasteiger partial charge on any atom is -0.300 e. The van der Waals surface area contributed by atoms with Crippen molar-refractivity contribution in [3.05, 3.63) is 16.1 Å². The highest BCUT2D eigenvalue weighted by atomic mass is 35.5. The molecule has 0 N–H and O–H groups in total. The maximum Gasteiger partial charge on any atom is 0.136 e. The van der Waals surface area contributed by atoms with E-state index < -0.39 is 5.83 Å². The van der Waals surface area contributed by atoms with Crippen molar-refractivity contribution in [2.24, 2.45) is 0 Å². The molecule has 60 valence electrons. The number of Topliss-reactive ketones (excluding diaryl/α,β-unsaturated/α-hetero) is 1. The molecule has 0 spiro atoms. The maximum atomic E-state index is 10.7. The number of carbonyl (C=O) groups is 1. The van der Waals surface area contributed by atoms with Gasteiger partial charge in [0.05, 0.1) is 12.3 Å². The number of rotatable bonds is 3. The van der Waals surface area contributed by atoms with E-state index in [1.165, 1.54) is 13.1 Å². The molecule has 0 unspecified atom stereocenters. The summed E-state index contributed by atoms with van der Waals surface area (Å²) in [6.45, 7) is 1.47. The lowest BCUT2D eigenvalue weighted by Gasteiger charge is -1.86. The van der Waals surface area contributed by atoms with Crippen molar-refractivity contribution in [2.75, 3.05) is 0 Å². The van der Waals surface area contributed by atoms with Gasteiger partial charge in [-0.2, -0.15) is 0 Å². The van der Waals surface area contributed by atoms with Gasteiger partial charge in [-0.15, -0.1) is 22.9 Å². The van der Waals surface area contributed by atoms with Crippen molar-refractivity contribution in [3.63, 3.8) is 0 Å². The minimum atomic E-state index is -1.88. The molecule has 1 rings (SSSR count). The first-order valence-electron chi connectivity index (χ1n) is 4.03. The summed E-state index contributed by atoms with van der Waals surface area (Å²) in [5, 5.41) is 0.604. The Bertz CT molecular complexity index is 321. The fourth-order valence-electron chi connectivity index (χ4n) is 0.649. The Morgan fingerprint density at radius 3 is 3.18 bits per heavy atom. The molecule has 1 aromatic heterocycles. The van der Waals surface area contributed by atoms with Crippen LogP contribution in [-0.4, -0.2) is 10.8 Å². The molecule has 0 bridgehead atoms. The van der Waals surface area contributed by atoms with E-state index in [2.05, 4.69) is 4.98 Å². The summed E-state index contributed by atoms with van der Waals surface area (Å²) in [6, 6.07) is 0. The predicted molar refractivity (Wildman–Crippen MR) is 46.1 cm³/mol. The second-order valence-electron chi connectivity index (χ2n) is 2.09. The smallest absolute Gasteiger partial charge is 0.136 e. The number of carbonyl (C=O) groups excluding carboxylic acids is 1. The largest absolute Gasteiger partial charge is 0.300 e. The molecular weight excluding hydrogens is 182 g/mol. The Kier molecular flexibility index (Phi) is 2.14. The van der Waals surface area contributed by atoms with Gasteiger partial charge in [0.1, 0.15) is 10.8 Å². The zero-order valence-corrected chi connectivity index (χ0v) is 7.50. The highest BCUT2D eigenvalue weighted by molar-refractivity contribution is 7.11. The topological polar surface area (TPSA) is 30.0 Å². The van der Waals surface area contributed by atoms with Crippen LogP contribution in [0.1, 0.15) is 19.6 Å². The van der Waals surface area contributed by atoms with E-state index in [-0.39, 0.29) is 12.2 Å². The summed E-state index contributed by atoms with van der Waals surface area (Å²) in [6.07, 6.45) is 1.62. The lowest BCUT2D eigenvalue weighted by molar-refractivity contribution is -0.116. The van der Waals surface area contributed by atoms with Crippen molar-refractivity contribution < 1.29 is 7.54 Å². The minimum absolute atomic E-state index is 0.0102. The molecule has 1 heterocycles. The Balaban J connectivity index is 2.81. The zero-order valence-electron chi connectivity index (χ0n) is 7.93. The summed E-state index contributed by atoms with van der Waals surface area (Å²) in [5.41, 5.74) is 0. The molecule has 0 aliphatic carbocycles. The van der Waals surface area contributed by atoms with Crippen molar-refractivity contribution in [1.29, 1.82) is 0 Å². The standard InChI is InChI=1S/C7H8ClNOS/c1-5(10)2-7-9-4-6(3-8)11-7/h4H,2-3H2,1H3/i3D2. The van der Waals surface area contributed by atoms with Crippen molar-refractivity contribution in [3.8, 4) is 0 Å². The first-order chi connectivity index (χ1) is 5.89. The van der Waals surface area contributed by atoms with Crippen molar-refractivity contribution in [1.82, 2.24) is 4.98 Å². The number of halogens is 1. The average Bonchev–Trinajstić information content (AvgIpc) is 2.32. The molecule has 2 nitrogen and oxygen atoms in total. The van der Waals surface area contributed by atoms with Gasteiger partial charge in [-0.3, -0.25) is 4.79 Å². The van der Waals surface area contributed by atoms with Crippen LogP contribution in [0.25, 0.3) is 0 Å². The third-order valence-electron chi connectivity index (χ3n) is 1.05. The van der Waals surface area contributed by atoms with E-state index in [1.54, 1.807) is 0 Å². The van der Waals surface area contributed by atoms with Crippen LogP contribution >= 0.6 is 22.9 Å². The van der Waals surface area contributed by atoms with Crippen LogP contribution in [0.15, 0.2) is 6.20 Å². The van der Waals surface area contributed by atoms with Crippen LogP contribution < -0.4 is 0 Å². The summed E-state index contributed by atoms with van der Waals surface area (Å²) >= 11 is 6.56. The number of ketones is 1. The molecule has 4 heteroatoms. The van der Waals surface area contributed by atoms with Crippen LogP contribution in [0.5, 0.6) is 0 Å². The normalized spacial score (nSPS) is 14.0. The second-order valence-corrected chi connectivity index (χ2v) is 3.40. The monoisotopic (exact) mass is 191 g/mol. The van der Waals surface area contributed by atoms with Gasteiger partial charge < -0.3 is 0 Å². The number of hydrogen-bond donors (Lipinski definition) is 0. The second kappa shape index (κ2) is 3.83. The summed E-state index contributed by atoms with van der Waals surface area (Å²) in [7, 11) is 0. The van der Waals surface area contributed by atoms with Gasteiger partial charge in [0, 0.05) is 13.8 Å². The SMILES string of the molecule is [2H]C([2H])(Cl)c1cnc(CC(C)=O)s1. The van der Waals surface area contributed by atoms with E-state index in [1.807, 2.05) is 0 Å². The first-order valence-corrected chi connectivity index (χ1v) is 4.22. The summed E-state index contributed by atoms with van der Waals surface area (Å²) < 4.78 is 14.4. The number of hydrogen-bond acceptors (Lipinski definition) is 3. The Labute approximate surface area is 77.0 Å². The molecule has 0 aliphatic rings. The predicted octanol–water partition coefficient (Wildman–Crippen LogP) is 2.01. The molecule has 0 atom stereocenters. The molecule has 0 amide bonds. The van der Waals surface area contributed by atoms with E-state index >= 15 is 0 Å². The third-order valence-corrected chi connectivity index (χ3v) is 2.28. The fourth-order valence-corrected chi connectivity index (χ4v) is 1.59. The molecule has 0 aromatic carbocycles. The van der Waals surface area contributed by atoms with E-state index in [4.69, 9.17) is 14.3 Å². The summed E-state index contributed by atoms with van der Waals surface area (Å²) in [5.74, 6) is -1.87. The molecule has 1 aromatic rings. The number of alkyl halides is 1. The van der Waals surface area contributed by atoms with Crippen molar-refractivity contribution >= 4 is 28.7 Å². The van der Waals surface area contributed by atoms with E-state index in [9.17, 15) is 4.79 Å². The molecule has 0 saturated heterocycles. The summed E-state index contributed by atoms with van der Waals surface area (Å²) in [4.78, 5) is 14.9. The van der Waals surface area contributed by atoms with Gasteiger partial charge in [0.15, 0.2) is 0 Å². The fraction of sp³-hybridized carbons (Fsp3) is 0.429. The first kappa shape index (κ1) is 6.14. The quantitative estimate of drug-likeness (QED) is 0.685. The highest BCUT2D eigenvalue weighted by Crippen LogP contribution is 2.15. The van der Waals surface area contributed by atoms with Gasteiger partial charge >= 0.3 is 0 Å². The van der Waals surface area contributed by atoms with Gasteiger partial charge in [-0.05, 0) is 6.92 Å². The molecule has 0 fully saturated rings. The zero-order chi connectivity index (χ0) is 10.1. The van der Waals surface area contributed by atoms with Crippen LogP contribution in [0.4, 0.5) is 0 Å². The van der Waals surface area contributed by atoms with Crippen LogP contribution in [-0.2, 0) is 17.0 Å². The number of thiazole rings is 1. The van der Waals surface area contributed by atoms with Gasteiger partial charge in [0.25, 0.3) is 0 Å². The molecular formula is C7H8ClNOS. The average molecular weight is 192 g/mol. The van der Waals surface area contributed by atoms with Gasteiger partial charge in [-0.1, -0.05) is 0 Å². The Morgan fingerprint density at radius 2 is 2.73 bits per heavy atom. The Hall–Kier alpha value is -0.410. The van der Waals surface area contributed by atoms with Crippen LogP contribution in [0.2, 0.25) is 0 Å². The molecule has 0 aliphatic heterocycles. The third kappa shape index (κ3) is 2.60. The number of aromatic nitrogens is 1. The van der Waals surface area contributed by atoms with E-state index in [0.29, 0.717) is 9.88 Å². The maximum absolute atomic E-state index is 10.7. The van der Waals surface area contributed by atoms with E-state index in [0.717, 1.165) is 11.3 Å². The molecule has 0 saturated carbocycles. The van der Waals surface area contributed by atoms with Gasteiger partial charge in [0.2, 0.25) is 0 Å². The van der Waals surface area contributed by atoms with Gasteiger partial charge in [-0.25, -0.2) is 4.98 Å². The van der Waals surface area contributed by atoms with Crippen molar-refractivity contribution in [2.45, 2.75) is 19.2 Å². The number of nitrogens with zero attached hydrogens (tertiary/aromatic N) is 1. The molecule has 11 heavy (non-hydrogen) atoms. The van der Waals surface area contributed by atoms with Crippen LogP contribution in [0.3, 0.4) is 0 Å². The Morgan fingerprint density at radius 1 is 2.00 bits per heavy atom. The van der Waals surface area contributed by atoms with Crippen LogP contribution in [0, 0.1) is 0 Å². The molecule has 0 radical (unpaired) electrons. The lowest BCUT2D eigenvalue weighted by atomic mass is 10.3. The highest BCUT2D eigenvalue weighted by Gasteiger charge is 2.02.